The molecule has 24 heavy (non-hydrogen) atoms. The fraction of sp³-hybridized carbons (Fsp3) is 0.333. The van der Waals surface area contributed by atoms with Gasteiger partial charge >= 0.3 is 0 Å². The monoisotopic (exact) mass is 323 g/mol. The van der Waals surface area contributed by atoms with Crippen LogP contribution in [0.3, 0.4) is 0 Å². The van der Waals surface area contributed by atoms with E-state index < -0.39 is 0 Å². The van der Waals surface area contributed by atoms with Gasteiger partial charge in [-0.2, -0.15) is 5.10 Å². The molecule has 0 spiro atoms. The van der Waals surface area contributed by atoms with Gasteiger partial charge in [0.25, 0.3) is 5.91 Å². The maximum absolute atomic E-state index is 12.8. The van der Waals surface area contributed by atoms with Crippen LogP contribution in [0.1, 0.15) is 22.6 Å². The number of nitrogens with one attached hydrogen (secondary N) is 2. The molecule has 4 rings (SSSR count). The molecule has 2 N–H and O–H groups in total. The van der Waals surface area contributed by atoms with E-state index in [4.69, 9.17) is 0 Å². The van der Waals surface area contributed by atoms with Gasteiger partial charge in [0, 0.05) is 55.5 Å². The van der Waals surface area contributed by atoms with Gasteiger partial charge in [-0.15, -0.1) is 0 Å². The number of para-hydroxylation sites is 1. The molecule has 6 nitrogen and oxygen atoms in total. The minimum atomic E-state index is 0.0922. The van der Waals surface area contributed by atoms with E-state index in [1.807, 2.05) is 41.3 Å². The van der Waals surface area contributed by atoms with E-state index in [0.717, 1.165) is 55.7 Å². The van der Waals surface area contributed by atoms with Crippen LogP contribution in [-0.2, 0) is 6.54 Å². The number of carbonyl (C=O) groups is 1. The Morgan fingerprint density at radius 2 is 2.04 bits per heavy atom. The van der Waals surface area contributed by atoms with Crippen LogP contribution in [0.4, 0.5) is 0 Å². The normalized spacial score (nSPS) is 16.4. The number of hydrogen-bond donors (Lipinski definition) is 2. The zero-order chi connectivity index (χ0) is 16.4. The highest BCUT2D eigenvalue weighted by Gasteiger charge is 2.21. The maximum atomic E-state index is 12.8. The van der Waals surface area contributed by atoms with Crippen molar-refractivity contribution in [3.05, 3.63) is 54.0 Å². The number of hydrogen-bond acceptors (Lipinski definition) is 3. The van der Waals surface area contributed by atoms with Gasteiger partial charge < -0.3 is 9.88 Å². The molecule has 0 bridgehead atoms. The standard InChI is InChI=1S/C18H21N5O/c24-18(17-12-14-4-1-2-5-16(14)20-17)23-9-3-8-22(10-11-23)13-15-6-7-19-21-15/h1-2,4-7,12,20H,3,8-11,13H2,(H,19,21). The van der Waals surface area contributed by atoms with E-state index in [2.05, 4.69) is 20.1 Å². The van der Waals surface area contributed by atoms with Crippen LogP contribution in [0.15, 0.2) is 42.6 Å². The average Bonchev–Trinajstić information content (AvgIpc) is 3.20. The quantitative estimate of drug-likeness (QED) is 0.777. The summed E-state index contributed by atoms with van der Waals surface area (Å²) in [6.07, 6.45) is 2.76. The van der Waals surface area contributed by atoms with Gasteiger partial charge in [0.05, 0.1) is 0 Å². The Balaban J connectivity index is 1.43. The van der Waals surface area contributed by atoms with Crippen molar-refractivity contribution in [1.82, 2.24) is 25.0 Å². The smallest absolute Gasteiger partial charge is 0.270 e. The summed E-state index contributed by atoms with van der Waals surface area (Å²) in [5, 5.41) is 8.08. The molecule has 1 amide bonds. The molecule has 0 unspecified atom stereocenters. The lowest BCUT2D eigenvalue weighted by Crippen LogP contribution is -2.35. The van der Waals surface area contributed by atoms with Crippen LogP contribution in [0, 0.1) is 0 Å². The fourth-order valence-electron chi connectivity index (χ4n) is 3.30. The molecule has 3 aromatic rings. The van der Waals surface area contributed by atoms with Gasteiger partial charge in [-0.1, -0.05) is 18.2 Å². The van der Waals surface area contributed by atoms with E-state index in [0.29, 0.717) is 5.69 Å². The van der Waals surface area contributed by atoms with Crippen molar-refractivity contribution in [1.29, 1.82) is 0 Å². The number of fused-ring (bicyclic) bond motifs is 1. The molecular formula is C18H21N5O. The lowest BCUT2D eigenvalue weighted by atomic mass is 10.2. The zero-order valence-corrected chi connectivity index (χ0v) is 13.5. The highest BCUT2D eigenvalue weighted by atomic mass is 16.2. The molecule has 1 aromatic carbocycles. The van der Waals surface area contributed by atoms with Gasteiger partial charge in [0.15, 0.2) is 0 Å². The zero-order valence-electron chi connectivity index (χ0n) is 13.5. The van der Waals surface area contributed by atoms with E-state index in [1.165, 1.54) is 0 Å². The number of H-pyrrole nitrogens is 2. The van der Waals surface area contributed by atoms with Crippen molar-refractivity contribution in [2.24, 2.45) is 0 Å². The molecule has 1 fully saturated rings. The van der Waals surface area contributed by atoms with Gasteiger partial charge in [-0.05, 0) is 24.6 Å². The molecule has 2 aromatic heterocycles. The van der Waals surface area contributed by atoms with Crippen molar-refractivity contribution < 1.29 is 4.79 Å². The fourth-order valence-corrected chi connectivity index (χ4v) is 3.30. The first-order valence-corrected chi connectivity index (χ1v) is 8.37. The molecule has 0 aliphatic carbocycles. The van der Waals surface area contributed by atoms with E-state index in [1.54, 1.807) is 6.20 Å². The molecule has 3 heterocycles. The van der Waals surface area contributed by atoms with Gasteiger partial charge in [0.2, 0.25) is 0 Å². The molecule has 1 saturated heterocycles. The SMILES string of the molecule is O=C(c1cc2ccccc2[nH]1)N1CCCN(Cc2ccn[nH]2)CC1. The van der Waals surface area contributed by atoms with Crippen molar-refractivity contribution in [2.75, 3.05) is 26.2 Å². The summed E-state index contributed by atoms with van der Waals surface area (Å²) in [4.78, 5) is 20.4. The second-order valence-corrected chi connectivity index (χ2v) is 6.27. The number of benzene rings is 1. The first-order chi connectivity index (χ1) is 11.8. The van der Waals surface area contributed by atoms with Crippen LogP contribution < -0.4 is 0 Å². The number of carbonyl (C=O) groups excluding carboxylic acids is 1. The minimum Gasteiger partial charge on any atom is -0.351 e. The molecular weight excluding hydrogens is 302 g/mol. The second kappa shape index (κ2) is 6.49. The highest BCUT2D eigenvalue weighted by Crippen LogP contribution is 2.17. The van der Waals surface area contributed by atoms with Gasteiger partial charge in [-0.3, -0.25) is 14.8 Å². The number of rotatable bonds is 3. The summed E-state index contributed by atoms with van der Waals surface area (Å²) in [6, 6.07) is 11.9. The van der Waals surface area contributed by atoms with Crippen molar-refractivity contribution in [2.45, 2.75) is 13.0 Å². The number of amides is 1. The Hall–Kier alpha value is -2.60. The number of aromatic nitrogens is 3. The van der Waals surface area contributed by atoms with E-state index in [-0.39, 0.29) is 5.91 Å². The number of nitrogens with zero attached hydrogens (tertiary/aromatic N) is 3. The number of aromatic amines is 2. The van der Waals surface area contributed by atoms with Crippen LogP contribution in [0.2, 0.25) is 0 Å². The van der Waals surface area contributed by atoms with Crippen molar-refractivity contribution in [3.8, 4) is 0 Å². The summed E-state index contributed by atoms with van der Waals surface area (Å²) in [5.41, 5.74) is 2.81. The summed E-state index contributed by atoms with van der Waals surface area (Å²) >= 11 is 0. The third-order valence-corrected chi connectivity index (χ3v) is 4.59. The van der Waals surface area contributed by atoms with Gasteiger partial charge in [-0.25, -0.2) is 0 Å². The molecule has 0 radical (unpaired) electrons. The molecule has 1 aliphatic rings. The highest BCUT2D eigenvalue weighted by molar-refractivity contribution is 5.98. The molecule has 124 valence electrons. The molecule has 1 aliphatic heterocycles. The Morgan fingerprint density at radius 3 is 2.88 bits per heavy atom. The lowest BCUT2D eigenvalue weighted by Gasteiger charge is -2.21. The second-order valence-electron chi connectivity index (χ2n) is 6.27. The van der Waals surface area contributed by atoms with Crippen LogP contribution in [0.25, 0.3) is 10.9 Å². The van der Waals surface area contributed by atoms with Gasteiger partial charge in [0.1, 0.15) is 5.69 Å². The van der Waals surface area contributed by atoms with E-state index in [9.17, 15) is 4.79 Å². The first-order valence-electron chi connectivity index (χ1n) is 8.37. The summed E-state index contributed by atoms with van der Waals surface area (Å²) < 4.78 is 0. The van der Waals surface area contributed by atoms with Crippen LogP contribution >= 0.6 is 0 Å². The van der Waals surface area contributed by atoms with Crippen LogP contribution in [0.5, 0.6) is 0 Å². The Morgan fingerprint density at radius 1 is 1.12 bits per heavy atom. The Kier molecular flexibility index (Phi) is 4.04. The Labute approximate surface area is 140 Å². The maximum Gasteiger partial charge on any atom is 0.270 e. The molecule has 0 saturated carbocycles. The summed E-state index contributed by atoms with van der Waals surface area (Å²) in [7, 11) is 0. The summed E-state index contributed by atoms with van der Waals surface area (Å²) in [6.45, 7) is 4.28. The Bertz CT molecular complexity index is 790. The third kappa shape index (κ3) is 3.05. The van der Waals surface area contributed by atoms with Crippen molar-refractivity contribution in [3.63, 3.8) is 0 Å². The topological polar surface area (TPSA) is 68.0 Å². The molecule has 0 atom stereocenters. The van der Waals surface area contributed by atoms with Crippen LogP contribution in [-0.4, -0.2) is 57.1 Å². The predicted molar refractivity (Wildman–Crippen MR) is 92.7 cm³/mol. The van der Waals surface area contributed by atoms with E-state index >= 15 is 0 Å². The largest absolute Gasteiger partial charge is 0.351 e. The summed E-state index contributed by atoms with van der Waals surface area (Å²) in [5.74, 6) is 0.0922. The average molecular weight is 323 g/mol. The lowest BCUT2D eigenvalue weighted by molar-refractivity contribution is 0.0756. The third-order valence-electron chi connectivity index (χ3n) is 4.59. The predicted octanol–water partition coefficient (Wildman–Crippen LogP) is 2.24. The minimum absolute atomic E-state index is 0.0922. The molecule has 6 heteroatoms. The van der Waals surface area contributed by atoms with Crippen molar-refractivity contribution >= 4 is 16.8 Å². The first kappa shape index (κ1) is 15.0.